The standard InChI is InChI=1S/C13H25N3O3S.ClH/c14-12-5-3-7-15(11-12)13(17)6-4-10-20(18,19)16-8-1-2-9-16;/h12H,1-11,14H2;1H. The van der Waals surface area contributed by atoms with Crippen molar-refractivity contribution >= 4 is 28.3 Å². The maximum Gasteiger partial charge on any atom is 0.222 e. The lowest BCUT2D eigenvalue weighted by atomic mass is 10.1. The second-order valence-electron chi connectivity index (χ2n) is 5.77. The summed E-state index contributed by atoms with van der Waals surface area (Å²) in [7, 11) is -3.16. The number of halogens is 1. The molecule has 2 fully saturated rings. The van der Waals surface area contributed by atoms with E-state index in [1.165, 1.54) is 0 Å². The first-order valence-corrected chi connectivity index (χ1v) is 9.11. The molecule has 21 heavy (non-hydrogen) atoms. The number of nitrogens with two attached hydrogens (primary N) is 1. The van der Waals surface area contributed by atoms with Crippen LogP contribution in [0.3, 0.4) is 0 Å². The number of carbonyl (C=O) groups is 1. The van der Waals surface area contributed by atoms with Crippen LogP contribution in [0.5, 0.6) is 0 Å². The number of nitrogens with zero attached hydrogens (tertiary/aromatic N) is 2. The SMILES string of the molecule is Cl.NC1CCCN(C(=O)CCCS(=O)(=O)N2CCCC2)C1. The number of carbonyl (C=O) groups excluding carboxylic acids is 1. The van der Waals surface area contributed by atoms with Gasteiger partial charge in [0.15, 0.2) is 0 Å². The summed E-state index contributed by atoms with van der Waals surface area (Å²) in [5.74, 6) is 0.121. The van der Waals surface area contributed by atoms with Crippen LogP contribution in [-0.2, 0) is 14.8 Å². The van der Waals surface area contributed by atoms with E-state index in [-0.39, 0.29) is 30.1 Å². The minimum atomic E-state index is -3.16. The minimum Gasteiger partial charge on any atom is -0.341 e. The maximum atomic E-state index is 12.0. The first-order chi connectivity index (χ1) is 9.49. The van der Waals surface area contributed by atoms with Gasteiger partial charge in [0.05, 0.1) is 5.75 Å². The normalized spacial score (nSPS) is 23.9. The summed E-state index contributed by atoms with van der Waals surface area (Å²) in [6.45, 7) is 2.64. The molecule has 2 N–H and O–H groups in total. The van der Waals surface area contributed by atoms with Crippen LogP contribution in [-0.4, -0.2) is 61.5 Å². The van der Waals surface area contributed by atoms with E-state index in [1.807, 2.05) is 0 Å². The van der Waals surface area contributed by atoms with Crippen molar-refractivity contribution in [3.63, 3.8) is 0 Å². The van der Waals surface area contributed by atoms with Crippen LogP contribution in [0.25, 0.3) is 0 Å². The van der Waals surface area contributed by atoms with Gasteiger partial charge in [-0.25, -0.2) is 12.7 Å². The van der Waals surface area contributed by atoms with Crippen LogP contribution in [0.15, 0.2) is 0 Å². The molecule has 0 aliphatic carbocycles. The van der Waals surface area contributed by atoms with Crippen LogP contribution in [0, 0.1) is 0 Å². The van der Waals surface area contributed by atoms with Crippen LogP contribution in [0.2, 0.25) is 0 Å². The Morgan fingerprint density at radius 1 is 1.14 bits per heavy atom. The number of likely N-dealkylation sites (tertiary alicyclic amines) is 1. The largest absolute Gasteiger partial charge is 0.341 e. The van der Waals surface area contributed by atoms with Gasteiger partial charge in [0.25, 0.3) is 0 Å². The van der Waals surface area contributed by atoms with Crippen molar-refractivity contribution in [3.05, 3.63) is 0 Å². The zero-order valence-electron chi connectivity index (χ0n) is 12.4. The average molecular weight is 340 g/mol. The molecule has 0 saturated carbocycles. The molecule has 1 amide bonds. The Morgan fingerprint density at radius 2 is 1.81 bits per heavy atom. The Balaban J connectivity index is 0.00000220. The Morgan fingerprint density at radius 3 is 2.43 bits per heavy atom. The molecular weight excluding hydrogens is 314 g/mol. The first kappa shape index (κ1) is 18.7. The van der Waals surface area contributed by atoms with E-state index >= 15 is 0 Å². The summed E-state index contributed by atoms with van der Waals surface area (Å²) in [6.07, 6.45) is 4.52. The topological polar surface area (TPSA) is 83.7 Å². The molecule has 1 atom stereocenters. The van der Waals surface area contributed by atoms with E-state index < -0.39 is 10.0 Å². The number of amides is 1. The van der Waals surface area contributed by atoms with E-state index in [0.29, 0.717) is 32.5 Å². The van der Waals surface area contributed by atoms with Crippen LogP contribution >= 0.6 is 12.4 Å². The second-order valence-corrected chi connectivity index (χ2v) is 7.86. The van der Waals surface area contributed by atoms with Crippen LogP contribution < -0.4 is 5.73 Å². The molecule has 2 heterocycles. The number of piperidine rings is 1. The predicted molar refractivity (Wildman–Crippen MR) is 84.9 cm³/mol. The number of hydrogen-bond donors (Lipinski definition) is 1. The zero-order valence-corrected chi connectivity index (χ0v) is 14.0. The van der Waals surface area contributed by atoms with Crippen molar-refractivity contribution in [1.82, 2.24) is 9.21 Å². The van der Waals surface area contributed by atoms with Crippen LogP contribution in [0.1, 0.15) is 38.5 Å². The third kappa shape index (κ3) is 5.39. The van der Waals surface area contributed by atoms with Crippen molar-refractivity contribution in [2.24, 2.45) is 5.73 Å². The van der Waals surface area contributed by atoms with Crippen molar-refractivity contribution < 1.29 is 13.2 Å². The summed E-state index contributed by atoms with van der Waals surface area (Å²) in [5, 5.41) is 0. The van der Waals surface area contributed by atoms with Gasteiger partial charge in [0.1, 0.15) is 0 Å². The molecule has 124 valence electrons. The van der Waals surface area contributed by atoms with Crippen molar-refractivity contribution in [2.75, 3.05) is 31.9 Å². The van der Waals surface area contributed by atoms with E-state index in [4.69, 9.17) is 5.73 Å². The summed E-state index contributed by atoms with van der Waals surface area (Å²) >= 11 is 0. The zero-order chi connectivity index (χ0) is 14.6. The fraction of sp³-hybridized carbons (Fsp3) is 0.923. The molecule has 1 unspecified atom stereocenters. The highest BCUT2D eigenvalue weighted by Gasteiger charge is 2.26. The molecule has 0 bridgehead atoms. The van der Waals surface area contributed by atoms with Gasteiger partial charge in [0.2, 0.25) is 15.9 Å². The fourth-order valence-electron chi connectivity index (χ4n) is 2.90. The third-order valence-corrected chi connectivity index (χ3v) is 6.02. The van der Waals surface area contributed by atoms with Crippen molar-refractivity contribution in [3.8, 4) is 0 Å². The number of sulfonamides is 1. The van der Waals surface area contributed by atoms with Crippen LogP contribution in [0.4, 0.5) is 0 Å². The molecule has 0 aromatic heterocycles. The highest BCUT2D eigenvalue weighted by molar-refractivity contribution is 7.89. The van der Waals surface area contributed by atoms with Gasteiger partial charge in [-0.05, 0) is 32.1 Å². The molecule has 0 radical (unpaired) electrons. The van der Waals surface area contributed by atoms with E-state index in [0.717, 1.165) is 32.2 Å². The molecule has 0 spiro atoms. The van der Waals surface area contributed by atoms with Crippen molar-refractivity contribution in [2.45, 2.75) is 44.6 Å². The highest BCUT2D eigenvalue weighted by Crippen LogP contribution is 2.15. The number of rotatable bonds is 5. The molecule has 2 aliphatic rings. The smallest absolute Gasteiger partial charge is 0.222 e. The van der Waals surface area contributed by atoms with Crippen molar-refractivity contribution in [1.29, 1.82) is 0 Å². The van der Waals surface area contributed by atoms with Gasteiger partial charge in [-0.15, -0.1) is 12.4 Å². The molecular formula is C13H26ClN3O3S. The minimum absolute atomic E-state index is 0. The maximum absolute atomic E-state index is 12.0. The van der Waals surface area contributed by atoms with Gasteiger partial charge in [0, 0.05) is 38.6 Å². The fourth-order valence-corrected chi connectivity index (χ4v) is 4.48. The quantitative estimate of drug-likeness (QED) is 0.793. The molecule has 2 aliphatic heterocycles. The summed E-state index contributed by atoms with van der Waals surface area (Å²) in [4.78, 5) is 13.8. The van der Waals surface area contributed by atoms with Gasteiger partial charge in [-0.2, -0.15) is 0 Å². The Hall–Kier alpha value is -0.370. The lowest BCUT2D eigenvalue weighted by Gasteiger charge is -2.30. The Bertz CT molecular complexity index is 438. The summed E-state index contributed by atoms with van der Waals surface area (Å²) in [5.41, 5.74) is 5.85. The highest BCUT2D eigenvalue weighted by atomic mass is 35.5. The monoisotopic (exact) mass is 339 g/mol. The van der Waals surface area contributed by atoms with Gasteiger partial charge in [-0.3, -0.25) is 4.79 Å². The summed E-state index contributed by atoms with van der Waals surface area (Å²) < 4.78 is 25.6. The molecule has 0 aromatic rings. The second kappa shape index (κ2) is 8.31. The lowest BCUT2D eigenvalue weighted by molar-refractivity contribution is -0.132. The summed E-state index contributed by atoms with van der Waals surface area (Å²) in [6, 6.07) is 0.0704. The molecule has 2 saturated heterocycles. The van der Waals surface area contributed by atoms with Gasteiger partial charge < -0.3 is 10.6 Å². The Labute approximate surface area is 133 Å². The Kier molecular flexibility index (Phi) is 7.39. The van der Waals surface area contributed by atoms with Gasteiger partial charge >= 0.3 is 0 Å². The lowest BCUT2D eigenvalue weighted by Crippen LogP contribution is -2.45. The molecule has 8 heteroatoms. The molecule has 6 nitrogen and oxygen atoms in total. The van der Waals surface area contributed by atoms with E-state index in [1.54, 1.807) is 9.21 Å². The number of hydrogen-bond acceptors (Lipinski definition) is 4. The molecule has 2 rings (SSSR count). The predicted octanol–water partition coefficient (Wildman–Crippen LogP) is 0.564. The van der Waals surface area contributed by atoms with Gasteiger partial charge in [-0.1, -0.05) is 0 Å². The average Bonchev–Trinajstić information content (AvgIpc) is 2.93. The third-order valence-electron chi connectivity index (χ3n) is 4.06. The van der Waals surface area contributed by atoms with E-state index in [9.17, 15) is 13.2 Å². The first-order valence-electron chi connectivity index (χ1n) is 7.50. The molecule has 0 aromatic carbocycles. The van der Waals surface area contributed by atoms with E-state index in [2.05, 4.69) is 0 Å².